The molecule has 2 atom stereocenters. The Bertz CT molecular complexity index is 807. The predicted molar refractivity (Wildman–Crippen MR) is 109 cm³/mol. The van der Waals surface area contributed by atoms with E-state index in [9.17, 15) is 8.42 Å². The van der Waals surface area contributed by atoms with Crippen molar-refractivity contribution in [1.29, 1.82) is 0 Å². The highest BCUT2D eigenvalue weighted by Gasteiger charge is 2.36. The number of benzene rings is 2. The summed E-state index contributed by atoms with van der Waals surface area (Å²) in [5.74, 6) is 0. The summed E-state index contributed by atoms with van der Waals surface area (Å²) >= 11 is 3.64. The lowest BCUT2D eigenvalue weighted by Crippen LogP contribution is -2.44. The largest absolute Gasteiger partial charge is 0.361 e. The molecule has 0 N–H and O–H groups in total. The Morgan fingerprint density at radius 3 is 2.31 bits per heavy atom. The number of hydrogen-bond acceptors (Lipinski definition) is 3. The highest BCUT2D eigenvalue weighted by atomic mass is 79.9. The van der Waals surface area contributed by atoms with E-state index in [0.29, 0.717) is 6.61 Å². The second-order valence-electron chi connectivity index (χ2n) is 5.83. The van der Waals surface area contributed by atoms with Gasteiger partial charge in [-0.05, 0) is 31.5 Å². The smallest absolute Gasteiger partial charge is 0.245 e. The van der Waals surface area contributed by atoms with Gasteiger partial charge in [0.1, 0.15) is 6.23 Å². The van der Waals surface area contributed by atoms with Crippen LogP contribution in [0.3, 0.4) is 0 Å². The normalized spacial score (nSPS) is 14.2. The van der Waals surface area contributed by atoms with Crippen LogP contribution in [0.5, 0.6) is 0 Å². The molecule has 0 fully saturated rings. The summed E-state index contributed by atoms with van der Waals surface area (Å²) in [6, 6.07) is 16.5. The van der Waals surface area contributed by atoms with Crippen molar-refractivity contribution in [3.05, 3.63) is 78.4 Å². The van der Waals surface area contributed by atoms with E-state index in [0.717, 1.165) is 11.1 Å². The average molecular weight is 438 g/mol. The van der Waals surface area contributed by atoms with E-state index < -0.39 is 16.3 Å². The summed E-state index contributed by atoms with van der Waals surface area (Å²) in [5.41, 5.74) is 1.95. The van der Waals surface area contributed by atoms with E-state index in [1.165, 1.54) is 4.31 Å². The van der Waals surface area contributed by atoms with Crippen LogP contribution in [-0.2, 0) is 14.8 Å². The molecule has 0 spiro atoms. The first-order chi connectivity index (χ1) is 12.4. The van der Waals surface area contributed by atoms with E-state index in [-0.39, 0.29) is 16.3 Å². The molecule has 140 valence electrons. The second kappa shape index (κ2) is 9.46. The first-order valence-electron chi connectivity index (χ1n) is 8.41. The maximum atomic E-state index is 13.3. The average Bonchev–Trinajstić information content (AvgIpc) is 2.65. The number of rotatable bonds is 9. The van der Waals surface area contributed by atoms with Crippen LogP contribution < -0.4 is 0 Å². The van der Waals surface area contributed by atoms with Gasteiger partial charge in [-0.1, -0.05) is 70.0 Å². The number of halogens is 1. The minimum Gasteiger partial charge on any atom is -0.361 e. The van der Waals surface area contributed by atoms with E-state index >= 15 is 0 Å². The van der Waals surface area contributed by atoms with E-state index in [1.807, 2.05) is 44.2 Å². The topological polar surface area (TPSA) is 46.6 Å². The summed E-state index contributed by atoms with van der Waals surface area (Å²) in [5, 5.41) is 0. The lowest BCUT2D eigenvalue weighted by atomic mass is 10.1. The van der Waals surface area contributed by atoms with Crippen molar-refractivity contribution in [1.82, 2.24) is 4.31 Å². The molecule has 0 saturated carbocycles. The van der Waals surface area contributed by atoms with Gasteiger partial charge in [-0.25, -0.2) is 8.42 Å². The molecule has 0 unspecified atom stereocenters. The predicted octanol–water partition coefficient (Wildman–Crippen LogP) is 4.67. The van der Waals surface area contributed by atoms with Crippen molar-refractivity contribution in [3.8, 4) is 0 Å². The van der Waals surface area contributed by atoms with Crippen LogP contribution in [0.2, 0.25) is 0 Å². The van der Waals surface area contributed by atoms with Gasteiger partial charge in [0.2, 0.25) is 10.0 Å². The molecular formula is C20H24BrNO3S. The Balaban J connectivity index is 2.46. The van der Waals surface area contributed by atoms with Crippen LogP contribution in [0, 0.1) is 6.92 Å². The third-order valence-electron chi connectivity index (χ3n) is 3.93. The van der Waals surface area contributed by atoms with Gasteiger partial charge in [0.15, 0.2) is 0 Å². The molecule has 6 heteroatoms. The fourth-order valence-electron chi connectivity index (χ4n) is 2.60. The summed E-state index contributed by atoms with van der Waals surface area (Å²) in [6.45, 7) is 8.02. The standard InChI is InChI=1S/C20H24BrNO3S/c1-4-15-22(26(23,24)18-13-11-16(3)12-14-18)20(25-5-2)19(21)17-9-7-6-8-10-17/h4,6-14,19-20H,1,5,15H2,2-3H3/t19-,20-/m1/s1. The zero-order valence-electron chi connectivity index (χ0n) is 15.0. The van der Waals surface area contributed by atoms with Crippen LogP contribution in [0.15, 0.2) is 72.1 Å². The van der Waals surface area contributed by atoms with Gasteiger partial charge in [-0.15, -0.1) is 6.58 Å². The second-order valence-corrected chi connectivity index (χ2v) is 8.71. The molecule has 0 bridgehead atoms. The fraction of sp³-hybridized carbons (Fsp3) is 0.300. The summed E-state index contributed by atoms with van der Waals surface area (Å²) in [6.07, 6.45) is 0.870. The number of sulfonamides is 1. The number of alkyl halides is 1. The molecule has 0 saturated heterocycles. The molecule has 0 aliphatic carbocycles. The molecule has 0 aliphatic heterocycles. The van der Waals surface area contributed by atoms with Crippen molar-refractivity contribution in [2.75, 3.05) is 13.2 Å². The van der Waals surface area contributed by atoms with Crippen molar-refractivity contribution in [2.45, 2.75) is 29.8 Å². The third kappa shape index (κ3) is 4.82. The minimum atomic E-state index is -3.75. The molecule has 2 aromatic rings. The van der Waals surface area contributed by atoms with Gasteiger partial charge >= 0.3 is 0 Å². The first-order valence-corrected chi connectivity index (χ1v) is 10.8. The Morgan fingerprint density at radius 1 is 1.15 bits per heavy atom. The molecule has 0 amide bonds. The van der Waals surface area contributed by atoms with Crippen molar-refractivity contribution >= 4 is 26.0 Å². The third-order valence-corrected chi connectivity index (χ3v) is 6.75. The number of ether oxygens (including phenoxy) is 1. The van der Waals surface area contributed by atoms with E-state index in [2.05, 4.69) is 22.5 Å². The fourth-order valence-corrected chi connectivity index (χ4v) is 5.01. The van der Waals surface area contributed by atoms with Gasteiger partial charge in [-0.2, -0.15) is 4.31 Å². The van der Waals surface area contributed by atoms with E-state index in [1.54, 1.807) is 30.3 Å². The lowest BCUT2D eigenvalue weighted by molar-refractivity contribution is -0.00878. The van der Waals surface area contributed by atoms with Gasteiger partial charge in [0.05, 0.1) is 9.72 Å². The molecule has 0 aliphatic rings. The zero-order chi connectivity index (χ0) is 19.2. The number of aryl methyl sites for hydroxylation is 1. The Labute approximate surface area is 164 Å². The summed E-state index contributed by atoms with van der Waals surface area (Å²) in [4.78, 5) is -0.0776. The van der Waals surface area contributed by atoms with Crippen LogP contribution in [-0.4, -0.2) is 32.1 Å². The molecule has 0 aromatic heterocycles. The van der Waals surface area contributed by atoms with Gasteiger partial charge in [-0.3, -0.25) is 0 Å². The van der Waals surface area contributed by atoms with Gasteiger partial charge in [0, 0.05) is 13.2 Å². The maximum Gasteiger partial charge on any atom is 0.245 e. The monoisotopic (exact) mass is 437 g/mol. The molecular weight excluding hydrogens is 414 g/mol. The molecule has 26 heavy (non-hydrogen) atoms. The van der Waals surface area contributed by atoms with Gasteiger partial charge < -0.3 is 4.74 Å². The number of nitrogens with zero attached hydrogens (tertiary/aromatic N) is 1. The molecule has 2 aromatic carbocycles. The highest BCUT2D eigenvalue weighted by Crippen LogP contribution is 2.33. The Hall–Kier alpha value is -1.47. The van der Waals surface area contributed by atoms with Gasteiger partial charge in [0.25, 0.3) is 0 Å². The van der Waals surface area contributed by atoms with Crippen LogP contribution in [0.1, 0.15) is 22.9 Å². The zero-order valence-corrected chi connectivity index (χ0v) is 17.4. The van der Waals surface area contributed by atoms with Crippen molar-refractivity contribution in [2.24, 2.45) is 0 Å². The minimum absolute atomic E-state index is 0.149. The summed E-state index contributed by atoms with van der Waals surface area (Å²) < 4.78 is 33.7. The first kappa shape index (κ1) is 20.8. The quantitative estimate of drug-likeness (QED) is 0.325. The van der Waals surface area contributed by atoms with Crippen LogP contribution in [0.4, 0.5) is 0 Å². The van der Waals surface area contributed by atoms with Crippen LogP contribution in [0.25, 0.3) is 0 Å². The van der Waals surface area contributed by atoms with Crippen molar-refractivity contribution in [3.63, 3.8) is 0 Å². The molecule has 4 nitrogen and oxygen atoms in total. The van der Waals surface area contributed by atoms with Crippen LogP contribution >= 0.6 is 15.9 Å². The van der Waals surface area contributed by atoms with Crippen molar-refractivity contribution < 1.29 is 13.2 Å². The number of hydrogen-bond donors (Lipinski definition) is 0. The summed E-state index contributed by atoms with van der Waals surface area (Å²) in [7, 11) is -3.75. The molecule has 2 rings (SSSR count). The molecule has 0 radical (unpaired) electrons. The maximum absolute atomic E-state index is 13.3. The highest BCUT2D eigenvalue weighted by molar-refractivity contribution is 9.09. The molecule has 0 heterocycles. The van der Waals surface area contributed by atoms with E-state index in [4.69, 9.17) is 4.74 Å². The Kier molecular flexibility index (Phi) is 7.58. The SMILES string of the molecule is C=CCN([C@H](OCC)[C@H](Br)c1ccccc1)S(=O)(=O)c1ccc(C)cc1. The Morgan fingerprint density at radius 2 is 1.77 bits per heavy atom. The lowest BCUT2D eigenvalue weighted by Gasteiger charge is -2.33.